The first-order valence-electron chi connectivity index (χ1n) is 23.3. The average molecular weight is 915 g/mol. The molecule has 2 heterocycles. The van der Waals surface area contributed by atoms with Crippen LogP contribution in [0, 0.1) is 64.2 Å². The van der Waals surface area contributed by atoms with Gasteiger partial charge in [-0.15, -0.1) is 0 Å². The molecule has 0 radical (unpaired) electrons. The zero-order valence-electron chi connectivity index (χ0n) is 39.5. The molecule has 0 aliphatic carbocycles. The second-order valence-corrected chi connectivity index (χ2v) is 18.6. The number of nitriles is 2. The van der Waals surface area contributed by atoms with Gasteiger partial charge in [-0.3, -0.25) is 0 Å². The molecule has 0 saturated heterocycles. The van der Waals surface area contributed by atoms with Crippen molar-refractivity contribution in [2.45, 2.75) is 47.7 Å². The Bertz CT molecular complexity index is 4050. The second kappa shape index (κ2) is 16.5. The highest BCUT2D eigenvalue weighted by atomic mass is 19.4. The lowest BCUT2D eigenvalue weighted by Crippen LogP contribution is -2.08. The van der Waals surface area contributed by atoms with E-state index in [1.807, 2.05) is 48.5 Å². The second-order valence-electron chi connectivity index (χ2n) is 18.6. The van der Waals surface area contributed by atoms with E-state index >= 15 is 13.2 Å². The van der Waals surface area contributed by atoms with Gasteiger partial charge < -0.3 is 9.13 Å². The molecule has 0 aliphatic heterocycles. The third-order valence-electron chi connectivity index (χ3n) is 14.0. The van der Waals surface area contributed by atoms with Crippen LogP contribution in [0.1, 0.15) is 50.1 Å². The van der Waals surface area contributed by atoms with Crippen LogP contribution in [0.2, 0.25) is 0 Å². The molecule has 0 spiro atoms. The van der Waals surface area contributed by atoms with Gasteiger partial charge in [-0.2, -0.15) is 23.7 Å². The lowest BCUT2D eigenvalue weighted by molar-refractivity contribution is -0.137. The summed E-state index contributed by atoms with van der Waals surface area (Å²) in [5.41, 5.74) is 17.4. The molecule has 70 heavy (non-hydrogen) atoms. The van der Waals surface area contributed by atoms with E-state index in [0.29, 0.717) is 33.6 Å². The van der Waals surface area contributed by atoms with E-state index in [0.717, 1.165) is 60.8 Å². The number of aryl methyl sites for hydroxylation is 6. The summed E-state index contributed by atoms with van der Waals surface area (Å²) < 4.78 is 49.5. The minimum atomic E-state index is -4.76. The van der Waals surface area contributed by atoms with Crippen LogP contribution in [-0.4, -0.2) is 9.13 Å². The monoisotopic (exact) mass is 914 g/mol. The zero-order chi connectivity index (χ0) is 48.7. The number of aromatic nitrogens is 2. The number of alkyl halides is 3. The van der Waals surface area contributed by atoms with Crippen molar-refractivity contribution in [2.24, 2.45) is 0 Å². The first kappa shape index (κ1) is 43.9. The molecule has 11 rings (SSSR count). The molecular formula is C63H45F3N4. The Morgan fingerprint density at radius 3 is 1.41 bits per heavy atom. The van der Waals surface area contributed by atoms with Gasteiger partial charge in [0.15, 0.2) is 0 Å². The molecule has 338 valence electrons. The highest BCUT2D eigenvalue weighted by molar-refractivity contribution is 6.13. The van der Waals surface area contributed by atoms with Gasteiger partial charge in [0.05, 0.1) is 62.3 Å². The van der Waals surface area contributed by atoms with Gasteiger partial charge in [-0.05, 0) is 170 Å². The van der Waals surface area contributed by atoms with Gasteiger partial charge in [0, 0.05) is 32.7 Å². The molecule has 4 nitrogen and oxygen atoms in total. The van der Waals surface area contributed by atoms with Crippen molar-refractivity contribution >= 4 is 43.6 Å². The quantitative estimate of drug-likeness (QED) is 0.167. The minimum absolute atomic E-state index is 0.0722. The highest BCUT2D eigenvalue weighted by Crippen LogP contribution is 2.46. The van der Waals surface area contributed by atoms with Crippen LogP contribution < -0.4 is 0 Å². The Morgan fingerprint density at radius 2 is 0.900 bits per heavy atom. The molecule has 0 aliphatic rings. The predicted molar refractivity (Wildman–Crippen MR) is 280 cm³/mol. The SMILES string of the molecule is Cc1cc(C)c(-c2ccc3c(c2)c2ccccc2n3-c2ccc(-c3ccc(C#N)cc3C(F)(F)F)cc2-c2c(C#N)cccc2-n2c3ccccc3c3cc(-c4c(C)cc(C)cc4C)ccc32)c(C)c1. The molecule has 9 aromatic carbocycles. The third kappa shape index (κ3) is 7.05. The fraction of sp³-hybridized carbons (Fsp3) is 0.111. The molecule has 0 atom stereocenters. The summed E-state index contributed by atoms with van der Waals surface area (Å²) in [6.45, 7) is 12.8. The van der Waals surface area contributed by atoms with E-state index in [2.05, 4.69) is 142 Å². The standard InChI is InChI=1S/C63H45F3N4/c1-36-26-38(3)60(39(4)27-36)44-20-24-56-50(32-44)48-13-7-9-15-54(48)69(56)58-23-19-43(47-22-18-42(34-67)30-53(47)63(64,65)66)31-52(58)62-46(35-68)12-11-17-59(62)70-55-16-10-8-14-49(55)51-33-45(21-25-57(51)70)61-40(5)28-37(2)29-41(61)6/h7-33H,1-6H3. The predicted octanol–water partition coefficient (Wildman–Crippen LogP) is 17.2. The van der Waals surface area contributed by atoms with Crippen LogP contribution in [-0.2, 0) is 6.18 Å². The molecule has 0 N–H and O–H groups in total. The van der Waals surface area contributed by atoms with Crippen molar-refractivity contribution < 1.29 is 13.2 Å². The lowest BCUT2D eigenvalue weighted by atomic mass is 9.90. The number of para-hydroxylation sites is 2. The van der Waals surface area contributed by atoms with Crippen molar-refractivity contribution in [2.75, 3.05) is 0 Å². The van der Waals surface area contributed by atoms with Crippen LogP contribution >= 0.6 is 0 Å². The Labute approximate surface area is 404 Å². The van der Waals surface area contributed by atoms with Crippen LogP contribution in [0.3, 0.4) is 0 Å². The number of hydrogen-bond donors (Lipinski definition) is 0. The van der Waals surface area contributed by atoms with Crippen LogP contribution in [0.4, 0.5) is 13.2 Å². The average Bonchev–Trinajstić information content (AvgIpc) is 3.84. The van der Waals surface area contributed by atoms with E-state index < -0.39 is 11.7 Å². The summed E-state index contributed by atoms with van der Waals surface area (Å²) in [4.78, 5) is 0. The fourth-order valence-corrected chi connectivity index (χ4v) is 11.3. The summed E-state index contributed by atoms with van der Waals surface area (Å²) in [6.07, 6.45) is -4.76. The molecule has 2 aromatic heterocycles. The maximum atomic E-state index is 15.1. The largest absolute Gasteiger partial charge is 0.417 e. The molecule has 11 aromatic rings. The summed E-state index contributed by atoms with van der Waals surface area (Å²) in [6, 6.07) is 57.4. The maximum absolute atomic E-state index is 15.1. The van der Waals surface area contributed by atoms with E-state index in [1.165, 1.54) is 56.6 Å². The van der Waals surface area contributed by atoms with Crippen molar-refractivity contribution in [3.05, 3.63) is 214 Å². The Morgan fingerprint density at radius 1 is 0.400 bits per heavy atom. The fourth-order valence-electron chi connectivity index (χ4n) is 11.3. The van der Waals surface area contributed by atoms with Crippen LogP contribution in [0.15, 0.2) is 164 Å². The molecule has 0 saturated carbocycles. The molecule has 0 unspecified atom stereocenters. The summed E-state index contributed by atoms with van der Waals surface area (Å²) in [7, 11) is 0. The Hall–Kier alpha value is -8.65. The van der Waals surface area contributed by atoms with E-state index in [4.69, 9.17) is 0 Å². The van der Waals surface area contributed by atoms with E-state index in [1.54, 1.807) is 18.2 Å². The molecule has 0 amide bonds. The molecular weight excluding hydrogens is 870 g/mol. The van der Waals surface area contributed by atoms with Crippen molar-refractivity contribution in [1.29, 1.82) is 10.5 Å². The highest BCUT2D eigenvalue weighted by Gasteiger charge is 2.35. The minimum Gasteiger partial charge on any atom is -0.309 e. The summed E-state index contributed by atoms with van der Waals surface area (Å²) in [5, 5.41) is 24.9. The first-order valence-corrected chi connectivity index (χ1v) is 23.3. The number of hydrogen-bond acceptors (Lipinski definition) is 2. The molecule has 0 fully saturated rings. The lowest BCUT2D eigenvalue weighted by Gasteiger charge is -2.21. The van der Waals surface area contributed by atoms with Gasteiger partial charge in [0.1, 0.15) is 0 Å². The van der Waals surface area contributed by atoms with Crippen molar-refractivity contribution in [1.82, 2.24) is 9.13 Å². The van der Waals surface area contributed by atoms with Crippen molar-refractivity contribution in [3.8, 4) is 68.0 Å². The maximum Gasteiger partial charge on any atom is 0.417 e. The van der Waals surface area contributed by atoms with Crippen LogP contribution in [0.25, 0.3) is 99.5 Å². The third-order valence-corrected chi connectivity index (χ3v) is 14.0. The number of benzene rings is 9. The summed E-state index contributed by atoms with van der Waals surface area (Å²) >= 11 is 0. The van der Waals surface area contributed by atoms with Gasteiger partial charge in [0.25, 0.3) is 0 Å². The van der Waals surface area contributed by atoms with Gasteiger partial charge in [0.2, 0.25) is 0 Å². The number of nitrogens with zero attached hydrogens (tertiary/aromatic N) is 4. The normalized spacial score (nSPS) is 11.8. The topological polar surface area (TPSA) is 57.4 Å². The van der Waals surface area contributed by atoms with Gasteiger partial charge in [-0.25, -0.2) is 0 Å². The Balaban J connectivity index is 1.24. The number of fused-ring (bicyclic) bond motifs is 6. The van der Waals surface area contributed by atoms with E-state index in [9.17, 15) is 10.5 Å². The number of rotatable bonds is 6. The van der Waals surface area contributed by atoms with E-state index in [-0.39, 0.29) is 11.1 Å². The Kier molecular flexibility index (Phi) is 10.4. The molecule has 0 bridgehead atoms. The van der Waals surface area contributed by atoms with Gasteiger partial charge in [-0.1, -0.05) is 102 Å². The smallest absolute Gasteiger partial charge is 0.309 e. The van der Waals surface area contributed by atoms with Gasteiger partial charge >= 0.3 is 6.18 Å². The van der Waals surface area contributed by atoms with Crippen molar-refractivity contribution in [3.63, 3.8) is 0 Å². The number of halogens is 3. The van der Waals surface area contributed by atoms with Crippen LogP contribution in [0.5, 0.6) is 0 Å². The zero-order valence-corrected chi connectivity index (χ0v) is 39.5. The first-order chi connectivity index (χ1) is 33.7. The summed E-state index contributed by atoms with van der Waals surface area (Å²) in [5.74, 6) is 0. The molecule has 7 heteroatoms.